The lowest BCUT2D eigenvalue weighted by Crippen LogP contribution is -2.27. The van der Waals surface area contributed by atoms with E-state index < -0.39 is 0 Å². The SMILES string of the molecule is CC.CC.O=C(c1ccccc1CC1=CCCC=C1)N(c1ccccc1)c1ccccc1. The summed E-state index contributed by atoms with van der Waals surface area (Å²) < 4.78 is 0. The summed E-state index contributed by atoms with van der Waals surface area (Å²) in [6, 6.07) is 27.6. The second-order valence-electron chi connectivity index (χ2n) is 6.90. The molecule has 4 rings (SSSR count). The highest BCUT2D eigenvalue weighted by Gasteiger charge is 2.22. The molecule has 0 aliphatic heterocycles. The van der Waals surface area contributed by atoms with Gasteiger partial charge in [0.25, 0.3) is 5.91 Å². The molecule has 0 saturated heterocycles. The first-order valence-corrected chi connectivity index (χ1v) is 11.7. The number of hydrogen-bond acceptors (Lipinski definition) is 1. The molecule has 2 nitrogen and oxygen atoms in total. The normalized spacial score (nSPS) is 11.8. The lowest BCUT2D eigenvalue weighted by atomic mass is 9.95. The molecule has 3 aromatic carbocycles. The molecule has 0 bridgehead atoms. The van der Waals surface area contributed by atoms with Crippen molar-refractivity contribution in [1.82, 2.24) is 0 Å². The molecule has 0 heterocycles. The van der Waals surface area contributed by atoms with Crippen LogP contribution in [0, 0.1) is 0 Å². The van der Waals surface area contributed by atoms with Crippen LogP contribution in [0.3, 0.4) is 0 Å². The fourth-order valence-corrected chi connectivity index (χ4v) is 3.56. The van der Waals surface area contributed by atoms with E-state index in [-0.39, 0.29) is 5.91 Å². The number of anilines is 2. The van der Waals surface area contributed by atoms with Crippen molar-refractivity contribution in [2.45, 2.75) is 47.0 Å². The van der Waals surface area contributed by atoms with Gasteiger partial charge in [0, 0.05) is 16.9 Å². The molecular formula is C30H35NO. The Morgan fingerprint density at radius 2 is 1.25 bits per heavy atom. The van der Waals surface area contributed by atoms with Gasteiger partial charge in [-0.2, -0.15) is 0 Å². The van der Waals surface area contributed by atoms with Gasteiger partial charge < -0.3 is 0 Å². The Morgan fingerprint density at radius 3 is 1.78 bits per heavy atom. The highest BCUT2D eigenvalue weighted by Crippen LogP contribution is 2.29. The van der Waals surface area contributed by atoms with E-state index in [0.29, 0.717) is 0 Å². The molecule has 0 saturated carbocycles. The summed E-state index contributed by atoms with van der Waals surface area (Å²) in [5.41, 5.74) is 4.81. The average molecular weight is 426 g/mol. The number of benzene rings is 3. The molecule has 1 amide bonds. The molecule has 0 N–H and O–H groups in total. The summed E-state index contributed by atoms with van der Waals surface area (Å²) in [4.78, 5) is 15.5. The van der Waals surface area contributed by atoms with Crippen LogP contribution in [0.4, 0.5) is 11.4 Å². The molecule has 0 aromatic heterocycles. The van der Waals surface area contributed by atoms with E-state index in [1.165, 1.54) is 5.57 Å². The van der Waals surface area contributed by atoms with E-state index in [0.717, 1.165) is 41.8 Å². The second-order valence-corrected chi connectivity index (χ2v) is 6.90. The Morgan fingerprint density at radius 1 is 0.719 bits per heavy atom. The van der Waals surface area contributed by atoms with Crippen molar-refractivity contribution in [2.24, 2.45) is 0 Å². The number of para-hydroxylation sites is 2. The van der Waals surface area contributed by atoms with Crippen LogP contribution >= 0.6 is 0 Å². The van der Waals surface area contributed by atoms with Crippen LogP contribution in [0.2, 0.25) is 0 Å². The fraction of sp³-hybridized carbons (Fsp3) is 0.233. The van der Waals surface area contributed by atoms with Crippen LogP contribution in [0.15, 0.2) is 109 Å². The number of nitrogens with zero attached hydrogens (tertiary/aromatic N) is 1. The van der Waals surface area contributed by atoms with Crippen molar-refractivity contribution in [3.8, 4) is 0 Å². The third-order valence-electron chi connectivity index (χ3n) is 4.95. The third kappa shape index (κ3) is 6.55. The van der Waals surface area contributed by atoms with Crippen LogP contribution in [-0.4, -0.2) is 5.91 Å². The van der Waals surface area contributed by atoms with E-state index in [9.17, 15) is 4.79 Å². The fourth-order valence-electron chi connectivity index (χ4n) is 3.56. The highest BCUT2D eigenvalue weighted by molar-refractivity contribution is 6.11. The van der Waals surface area contributed by atoms with Gasteiger partial charge in [0.2, 0.25) is 0 Å². The molecule has 3 aromatic rings. The third-order valence-corrected chi connectivity index (χ3v) is 4.95. The van der Waals surface area contributed by atoms with Gasteiger partial charge >= 0.3 is 0 Å². The highest BCUT2D eigenvalue weighted by atomic mass is 16.2. The van der Waals surface area contributed by atoms with Gasteiger partial charge in [0.1, 0.15) is 0 Å². The predicted octanol–water partition coefficient (Wildman–Crippen LogP) is 8.54. The van der Waals surface area contributed by atoms with E-state index in [1.807, 2.05) is 107 Å². The quantitative estimate of drug-likeness (QED) is 0.401. The van der Waals surface area contributed by atoms with Crippen molar-refractivity contribution in [1.29, 1.82) is 0 Å². The maximum Gasteiger partial charge on any atom is 0.263 e. The number of amides is 1. The number of carbonyl (C=O) groups is 1. The smallest absolute Gasteiger partial charge is 0.263 e. The van der Waals surface area contributed by atoms with Gasteiger partial charge in [-0.05, 0) is 60.7 Å². The van der Waals surface area contributed by atoms with Crippen LogP contribution in [0.25, 0.3) is 0 Å². The molecule has 1 aliphatic rings. The number of rotatable bonds is 5. The average Bonchev–Trinajstić information content (AvgIpc) is 2.89. The van der Waals surface area contributed by atoms with E-state index in [2.05, 4.69) is 24.3 Å². The summed E-state index contributed by atoms with van der Waals surface area (Å²) >= 11 is 0. The van der Waals surface area contributed by atoms with Gasteiger partial charge in [0.15, 0.2) is 0 Å². The summed E-state index contributed by atoms with van der Waals surface area (Å²) in [5.74, 6) is -0.00612. The van der Waals surface area contributed by atoms with Crippen LogP contribution in [0.1, 0.15) is 56.5 Å². The molecule has 2 heteroatoms. The lowest BCUT2D eigenvalue weighted by Gasteiger charge is -2.24. The zero-order valence-corrected chi connectivity index (χ0v) is 19.8. The van der Waals surface area contributed by atoms with Crippen molar-refractivity contribution in [3.05, 3.63) is 120 Å². The Kier molecular flexibility index (Phi) is 10.7. The number of allylic oxidation sites excluding steroid dienone is 4. The molecule has 0 spiro atoms. The molecule has 0 atom stereocenters. The molecule has 1 aliphatic carbocycles. The van der Waals surface area contributed by atoms with Crippen molar-refractivity contribution < 1.29 is 4.79 Å². The molecular weight excluding hydrogens is 390 g/mol. The first-order valence-electron chi connectivity index (χ1n) is 11.7. The Hall–Kier alpha value is -3.39. The summed E-state index contributed by atoms with van der Waals surface area (Å²) in [7, 11) is 0. The Labute approximate surface area is 193 Å². The van der Waals surface area contributed by atoms with Crippen molar-refractivity contribution in [3.63, 3.8) is 0 Å². The largest absolute Gasteiger partial charge is 0.277 e. The summed E-state index contributed by atoms with van der Waals surface area (Å²) in [6.45, 7) is 8.00. The van der Waals surface area contributed by atoms with Crippen LogP contribution < -0.4 is 4.90 Å². The monoisotopic (exact) mass is 425 g/mol. The van der Waals surface area contributed by atoms with E-state index in [4.69, 9.17) is 0 Å². The minimum Gasteiger partial charge on any atom is -0.277 e. The van der Waals surface area contributed by atoms with Crippen LogP contribution in [0.5, 0.6) is 0 Å². The maximum atomic E-state index is 13.7. The molecule has 166 valence electrons. The zero-order valence-electron chi connectivity index (χ0n) is 19.8. The Balaban J connectivity index is 0.000000860. The maximum absolute atomic E-state index is 13.7. The molecule has 0 unspecified atom stereocenters. The first kappa shape index (κ1) is 24.9. The number of carbonyl (C=O) groups excluding carboxylic acids is 1. The standard InChI is InChI=1S/C26H23NO.2C2H6/c28-26(25-19-11-10-14-22(25)20-21-12-4-1-5-13-21)27(23-15-6-2-7-16-23)24-17-8-3-9-18-24;2*1-2/h2-4,6-19H,1,5,20H2;2*1-2H3. The van der Waals surface area contributed by atoms with Crippen molar-refractivity contribution in [2.75, 3.05) is 4.90 Å². The summed E-state index contributed by atoms with van der Waals surface area (Å²) in [6.07, 6.45) is 9.60. The van der Waals surface area contributed by atoms with Gasteiger partial charge in [-0.15, -0.1) is 0 Å². The van der Waals surface area contributed by atoms with Gasteiger partial charge in [0.05, 0.1) is 0 Å². The summed E-state index contributed by atoms with van der Waals surface area (Å²) in [5, 5.41) is 0. The van der Waals surface area contributed by atoms with Crippen LogP contribution in [-0.2, 0) is 6.42 Å². The first-order chi connectivity index (χ1) is 15.8. The molecule has 0 radical (unpaired) electrons. The zero-order chi connectivity index (χ0) is 23.2. The minimum atomic E-state index is -0.00612. The Bertz CT molecular complexity index is 964. The van der Waals surface area contributed by atoms with Gasteiger partial charge in [-0.25, -0.2) is 0 Å². The van der Waals surface area contributed by atoms with E-state index in [1.54, 1.807) is 4.90 Å². The lowest BCUT2D eigenvalue weighted by molar-refractivity contribution is 0.0998. The number of hydrogen-bond donors (Lipinski definition) is 0. The van der Waals surface area contributed by atoms with Crippen molar-refractivity contribution >= 4 is 17.3 Å². The molecule has 0 fully saturated rings. The van der Waals surface area contributed by atoms with Gasteiger partial charge in [-0.3, -0.25) is 9.69 Å². The topological polar surface area (TPSA) is 20.3 Å². The minimum absolute atomic E-state index is 0.00612. The molecule has 32 heavy (non-hydrogen) atoms. The second kappa shape index (κ2) is 13.8. The predicted molar refractivity (Wildman–Crippen MR) is 139 cm³/mol. The van der Waals surface area contributed by atoms with E-state index >= 15 is 0 Å². The van der Waals surface area contributed by atoms with Gasteiger partial charge in [-0.1, -0.05) is 101 Å².